The van der Waals surface area contributed by atoms with Crippen LogP contribution in [0.3, 0.4) is 0 Å². The van der Waals surface area contributed by atoms with Gasteiger partial charge in [0.2, 0.25) is 0 Å². The summed E-state index contributed by atoms with van der Waals surface area (Å²) in [5, 5.41) is 4.98. The molecule has 1 aromatic rings. The van der Waals surface area contributed by atoms with Crippen LogP contribution in [0.5, 0.6) is 0 Å². The first-order chi connectivity index (χ1) is 10.2. The molecule has 0 amide bonds. The van der Waals surface area contributed by atoms with Gasteiger partial charge in [-0.25, -0.2) is 4.98 Å². The Morgan fingerprint density at radius 1 is 1.24 bits per heavy atom. The van der Waals surface area contributed by atoms with Gasteiger partial charge in [-0.3, -0.25) is 0 Å². The molecule has 1 saturated carbocycles. The molecule has 21 heavy (non-hydrogen) atoms. The molecule has 1 fully saturated rings. The summed E-state index contributed by atoms with van der Waals surface area (Å²) in [6.07, 6.45) is 8.30. The van der Waals surface area contributed by atoms with Gasteiger partial charge in [0.05, 0.1) is 5.03 Å². The van der Waals surface area contributed by atoms with E-state index in [1.807, 2.05) is 11.8 Å². The molecule has 1 aliphatic rings. The third-order valence-electron chi connectivity index (χ3n) is 4.36. The summed E-state index contributed by atoms with van der Waals surface area (Å²) < 4.78 is 0. The number of aryl methyl sites for hydroxylation is 2. The van der Waals surface area contributed by atoms with Crippen LogP contribution in [0, 0.1) is 19.8 Å². The second-order valence-corrected chi connectivity index (χ2v) is 7.43. The molecule has 1 N–H and O–H groups in total. The Morgan fingerprint density at radius 2 is 2.00 bits per heavy atom. The third kappa shape index (κ3) is 5.63. The van der Waals surface area contributed by atoms with Crippen LogP contribution in [-0.4, -0.2) is 23.3 Å². The minimum Gasteiger partial charge on any atom is -0.313 e. The van der Waals surface area contributed by atoms with Crippen molar-refractivity contribution < 1.29 is 0 Å². The Hall–Kier alpha value is -0.540. The summed E-state index contributed by atoms with van der Waals surface area (Å²) in [4.78, 5) is 4.67. The van der Waals surface area contributed by atoms with Crippen LogP contribution in [0.2, 0.25) is 0 Å². The van der Waals surface area contributed by atoms with E-state index in [9.17, 15) is 0 Å². The predicted octanol–water partition coefficient (Wildman–Crippen LogP) is 4.74. The Bertz CT molecular complexity index is 407. The van der Waals surface area contributed by atoms with Crippen LogP contribution < -0.4 is 5.32 Å². The molecule has 1 heterocycles. The molecule has 1 atom stereocenters. The fourth-order valence-corrected chi connectivity index (χ4v) is 4.50. The van der Waals surface area contributed by atoms with Crippen LogP contribution in [0.1, 0.15) is 56.7 Å². The highest BCUT2D eigenvalue weighted by Gasteiger charge is 2.23. The van der Waals surface area contributed by atoms with E-state index in [2.05, 4.69) is 43.2 Å². The maximum absolute atomic E-state index is 4.67. The van der Waals surface area contributed by atoms with Crippen molar-refractivity contribution in [1.29, 1.82) is 0 Å². The molecular formula is C18H30N2S. The summed E-state index contributed by atoms with van der Waals surface area (Å²) in [6, 6.07) is 5.02. The highest BCUT2D eigenvalue weighted by atomic mass is 32.2. The van der Waals surface area contributed by atoms with Crippen molar-refractivity contribution in [2.45, 2.75) is 70.4 Å². The zero-order valence-corrected chi connectivity index (χ0v) is 14.6. The quantitative estimate of drug-likeness (QED) is 0.737. The second-order valence-electron chi connectivity index (χ2n) is 6.39. The third-order valence-corrected chi connectivity index (χ3v) is 5.39. The monoisotopic (exact) mass is 306 g/mol. The Labute approximate surface area is 134 Å². The maximum atomic E-state index is 4.67. The van der Waals surface area contributed by atoms with Crippen molar-refractivity contribution in [3.8, 4) is 0 Å². The SMILES string of the molecule is CCCNC(CSc1cc(C)cc(C)n1)C1CCCCC1. The Morgan fingerprint density at radius 3 is 2.67 bits per heavy atom. The highest BCUT2D eigenvalue weighted by Crippen LogP contribution is 2.29. The number of pyridine rings is 1. The van der Waals surface area contributed by atoms with Crippen molar-refractivity contribution >= 4 is 11.8 Å². The highest BCUT2D eigenvalue weighted by molar-refractivity contribution is 7.99. The minimum absolute atomic E-state index is 0.651. The number of rotatable bonds is 7. The van der Waals surface area contributed by atoms with Crippen LogP contribution in [-0.2, 0) is 0 Å². The molecule has 118 valence electrons. The van der Waals surface area contributed by atoms with Gasteiger partial charge in [-0.2, -0.15) is 0 Å². The molecule has 0 radical (unpaired) electrons. The van der Waals surface area contributed by atoms with Crippen molar-refractivity contribution in [2.75, 3.05) is 12.3 Å². The lowest BCUT2D eigenvalue weighted by molar-refractivity contribution is 0.285. The number of hydrogen-bond acceptors (Lipinski definition) is 3. The first kappa shape index (κ1) is 16.8. The number of nitrogens with one attached hydrogen (secondary N) is 1. The van der Waals surface area contributed by atoms with Gasteiger partial charge in [0.1, 0.15) is 0 Å². The van der Waals surface area contributed by atoms with E-state index in [-0.39, 0.29) is 0 Å². The molecule has 2 rings (SSSR count). The minimum atomic E-state index is 0.651. The number of nitrogens with zero attached hydrogens (tertiary/aromatic N) is 1. The molecule has 1 aromatic heterocycles. The molecule has 0 aromatic carbocycles. The zero-order chi connectivity index (χ0) is 15.1. The average molecular weight is 307 g/mol. The van der Waals surface area contributed by atoms with Crippen LogP contribution in [0.25, 0.3) is 0 Å². The van der Waals surface area contributed by atoms with Crippen LogP contribution >= 0.6 is 11.8 Å². The molecule has 1 unspecified atom stereocenters. The first-order valence-electron chi connectivity index (χ1n) is 8.50. The number of aromatic nitrogens is 1. The Balaban J connectivity index is 1.93. The van der Waals surface area contributed by atoms with Gasteiger partial charge in [0.15, 0.2) is 0 Å². The summed E-state index contributed by atoms with van der Waals surface area (Å²) in [5.41, 5.74) is 2.45. The van der Waals surface area contributed by atoms with E-state index in [1.165, 1.54) is 49.1 Å². The van der Waals surface area contributed by atoms with Crippen molar-refractivity contribution in [2.24, 2.45) is 5.92 Å². The normalized spacial score (nSPS) is 17.9. The van der Waals surface area contributed by atoms with E-state index >= 15 is 0 Å². The average Bonchev–Trinajstić information content (AvgIpc) is 2.47. The zero-order valence-electron chi connectivity index (χ0n) is 13.8. The largest absolute Gasteiger partial charge is 0.313 e. The summed E-state index contributed by atoms with van der Waals surface area (Å²) in [7, 11) is 0. The molecule has 0 spiro atoms. The molecule has 3 heteroatoms. The van der Waals surface area contributed by atoms with Gasteiger partial charge in [-0.15, -0.1) is 11.8 Å². The van der Waals surface area contributed by atoms with Gasteiger partial charge >= 0.3 is 0 Å². The number of hydrogen-bond donors (Lipinski definition) is 1. The lowest BCUT2D eigenvalue weighted by Gasteiger charge is -2.31. The summed E-state index contributed by atoms with van der Waals surface area (Å²) >= 11 is 1.93. The van der Waals surface area contributed by atoms with E-state index in [0.29, 0.717) is 6.04 Å². The molecular weight excluding hydrogens is 276 g/mol. The van der Waals surface area contributed by atoms with E-state index in [1.54, 1.807) is 0 Å². The summed E-state index contributed by atoms with van der Waals surface area (Å²) in [5.74, 6) is 2.02. The smallest absolute Gasteiger partial charge is 0.0966 e. The van der Waals surface area contributed by atoms with E-state index in [4.69, 9.17) is 0 Å². The van der Waals surface area contributed by atoms with Crippen LogP contribution in [0.4, 0.5) is 0 Å². The molecule has 0 bridgehead atoms. The van der Waals surface area contributed by atoms with Crippen molar-refractivity contribution in [3.63, 3.8) is 0 Å². The van der Waals surface area contributed by atoms with Crippen molar-refractivity contribution in [1.82, 2.24) is 10.3 Å². The molecule has 2 nitrogen and oxygen atoms in total. The first-order valence-corrected chi connectivity index (χ1v) is 9.49. The fourth-order valence-electron chi connectivity index (χ4n) is 3.28. The van der Waals surface area contributed by atoms with Gasteiger partial charge in [0, 0.05) is 17.5 Å². The maximum Gasteiger partial charge on any atom is 0.0966 e. The Kier molecular flexibility index (Phi) is 7.05. The number of thioether (sulfide) groups is 1. The van der Waals surface area contributed by atoms with Gasteiger partial charge in [-0.05, 0) is 63.3 Å². The van der Waals surface area contributed by atoms with Crippen molar-refractivity contribution in [3.05, 3.63) is 23.4 Å². The topological polar surface area (TPSA) is 24.9 Å². The molecule has 0 saturated heterocycles. The van der Waals surface area contributed by atoms with E-state index < -0.39 is 0 Å². The van der Waals surface area contributed by atoms with Gasteiger partial charge in [-0.1, -0.05) is 26.2 Å². The van der Waals surface area contributed by atoms with Crippen LogP contribution in [0.15, 0.2) is 17.2 Å². The lowest BCUT2D eigenvalue weighted by Crippen LogP contribution is -2.39. The summed E-state index contributed by atoms with van der Waals surface area (Å²) in [6.45, 7) is 7.64. The standard InChI is InChI=1S/C18H30N2S/c1-4-10-19-17(16-8-6-5-7-9-16)13-21-18-12-14(2)11-15(3)20-18/h11-12,16-17,19H,4-10,13H2,1-3H3. The fraction of sp³-hybridized carbons (Fsp3) is 0.722. The van der Waals surface area contributed by atoms with E-state index in [0.717, 1.165) is 23.9 Å². The molecule has 1 aliphatic carbocycles. The van der Waals surface area contributed by atoms with Gasteiger partial charge in [0.25, 0.3) is 0 Å². The second kappa shape index (κ2) is 8.79. The molecule has 0 aliphatic heterocycles. The predicted molar refractivity (Wildman–Crippen MR) is 93.1 cm³/mol. The lowest BCUT2D eigenvalue weighted by atomic mass is 9.84. The van der Waals surface area contributed by atoms with Gasteiger partial charge < -0.3 is 5.32 Å².